The van der Waals surface area contributed by atoms with E-state index in [0.29, 0.717) is 12.5 Å². The molecule has 0 saturated carbocycles. The first-order valence-corrected chi connectivity index (χ1v) is 6.58. The summed E-state index contributed by atoms with van der Waals surface area (Å²) in [6.07, 6.45) is 3.97. The van der Waals surface area contributed by atoms with E-state index in [0.717, 1.165) is 31.0 Å². The van der Waals surface area contributed by atoms with Crippen molar-refractivity contribution in [3.63, 3.8) is 0 Å². The summed E-state index contributed by atoms with van der Waals surface area (Å²) >= 11 is 0. The molecule has 1 aromatic heterocycles. The Morgan fingerprint density at radius 2 is 2.33 bits per heavy atom. The van der Waals surface area contributed by atoms with E-state index in [1.54, 1.807) is 0 Å². The minimum absolute atomic E-state index is 0.144. The standard InChI is InChI=1S/C14H21NO3/c1-11-6-7-13(18-11)12-5-3-4-9-15(12)10-8-14(16)17-2/h6-7,12H,3-5,8-10H2,1-2H3. The lowest BCUT2D eigenvalue weighted by Gasteiger charge is -2.34. The average molecular weight is 251 g/mol. The van der Waals surface area contributed by atoms with Crippen LogP contribution in [-0.2, 0) is 9.53 Å². The summed E-state index contributed by atoms with van der Waals surface area (Å²) in [6, 6.07) is 4.37. The minimum Gasteiger partial charge on any atom is -0.469 e. The van der Waals surface area contributed by atoms with Crippen LogP contribution in [0.1, 0.15) is 43.2 Å². The van der Waals surface area contributed by atoms with Crippen molar-refractivity contribution in [3.8, 4) is 0 Å². The highest BCUT2D eigenvalue weighted by atomic mass is 16.5. The zero-order valence-electron chi connectivity index (χ0n) is 11.1. The Bertz CT molecular complexity index is 399. The van der Waals surface area contributed by atoms with Gasteiger partial charge in [-0.25, -0.2) is 0 Å². The molecule has 0 N–H and O–H groups in total. The van der Waals surface area contributed by atoms with Crippen molar-refractivity contribution in [2.24, 2.45) is 0 Å². The second-order valence-corrected chi connectivity index (χ2v) is 4.82. The third-order valence-corrected chi connectivity index (χ3v) is 3.53. The van der Waals surface area contributed by atoms with Crippen LogP contribution in [-0.4, -0.2) is 31.1 Å². The van der Waals surface area contributed by atoms with Crippen LogP contribution in [0.4, 0.5) is 0 Å². The van der Waals surface area contributed by atoms with Crippen molar-refractivity contribution in [2.45, 2.75) is 38.6 Å². The number of hydrogen-bond donors (Lipinski definition) is 0. The van der Waals surface area contributed by atoms with Gasteiger partial charge < -0.3 is 9.15 Å². The fourth-order valence-corrected chi connectivity index (χ4v) is 2.55. The number of rotatable bonds is 4. The van der Waals surface area contributed by atoms with Gasteiger partial charge in [-0.15, -0.1) is 0 Å². The molecule has 1 aromatic rings. The molecule has 1 unspecified atom stereocenters. The molecule has 2 heterocycles. The second kappa shape index (κ2) is 6.05. The molecule has 4 nitrogen and oxygen atoms in total. The number of carbonyl (C=O) groups excluding carboxylic acids is 1. The summed E-state index contributed by atoms with van der Waals surface area (Å²) in [5, 5.41) is 0. The third kappa shape index (κ3) is 3.13. The normalized spacial score (nSPS) is 20.9. The van der Waals surface area contributed by atoms with Crippen LogP contribution in [0.5, 0.6) is 0 Å². The first-order chi connectivity index (χ1) is 8.70. The highest BCUT2D eigenvalue weighted by molar-refractivity contribution is 5.69. The molecule has 0 radical (unpaired) electrons. The van der Waals surface area contributed by atoms with Gasteiger partial charge in [0, 0.05) is 6.54 Å². The number of hydrogen-bond acceptors (Lipinski definition) is 4. The quantitative estimate of drug-likeness (QED) is 0.772. The largest absolute Gasteiger partial charge is 0.469 e. The van der Waals surface area contributed by atoms with E-state index in [9.17, 15) is 4.79 Å². The summed E-state index contributed by atoms with van der Waals surface area (Å²) < 4.78 is 10.4. The zero-order valence-corrected chi connectivity index (χ0v) is 11.1. The molecule has 0 bridgehead atoms. The fraction of sp³-hybridized carbons (Fsp3) is 0.643. The number of furan rings is 1. The molecule has 1 fully saturated rings. The molecule has 1 aliphatic rings. The van der Waals surface area contributed by atoms with E-state index in [4.69, 9.17) is 9.15 Å². The third-order valence-electron chi connectivity index (χ3n) is 3.53. The van der Waals surface area contributed by atoms with Crippen molar-refractivity contribution in [3.05, 3.63) is 23.7 Å². The van der Waals surface area contributed by atoms with Crippen LogP contribution in [0.3, 0.4) is 0 Å². The minimum atomic E-state index is -0.144. The number of likely N-dealkylation sites (tertiary alicyclic amines) is 1. The van der Waals surface area contributed by atoms with Gasteiger partial charge in [0.2, 0.25) is 0 Å². The lowest BCUT2D eigenvalue weighted by molar-refractivity contribution is -0.141. The molecule has 1 saturated heterocycles. The van der Waals surface area contributed by atoms with Crippen LogP contribution < -0.4 is 0 Å². The maximum Gasteiger partial charge on any atom is 0.306 e. The van der Waals surface area contributed by atoms with Gasteiger partial charge >= 0.3 is 5.97 Å². The topological polar surface area (TPSA) is 42.7 Å². The predicted octanol–water partition coefficient (Wildman–Crippen LogP) is 2.68. The summed E-state index contributed by atoms with van der Waals surface area (Å²) in [7, 11) is 1.44. The first kappa shape index (κ1) is 13.1. The Morgan fingerprint density at radius 3 is 3.00 bits per heavy atom. The Labute approximate surface area is 108 Å². The summed E-state index contributed by atoms with van der Waals surface area (Å²) in [6.45, 7) is 3.74. The summed E-state index contributed by atoms with van der Waals surface area (Å²) in [5.74, 6) is 1.83. The highest BCUT2D eigenvalue weighted by Crippen LogP contribution is 2.31. The molecule has 1 aliphatic heterocycles. The van der Waals surface area contributed by atoms with Crippen molar-refractivity contribution >= 4 is 5.97 Å². The van der Waals surface area contributed by atoms with Crippen LogP contribution in [0.25, 0.3) is 0 Å². The number of aryl methyl sites for hydroxylation is 1. The zero-order chi connectivity index (χ0) is 13.0. The maximum absolute atomic E-state index is 11.2. The van der Waals surface area contributed by atoms with E-state index in [2.05, 4.69) is 11.0 Å². The van der Waals surface area contributed by atoms with Gasteiger partial charge in [0.1, 0.15) is 11.5 Å². The SMILES string of the molecule is COC(=O)CCN1CCCCC1c1ccc(C)o1. The molecule has 4 heteroatoms. The molecular formula is C14H21NO3. The van der Waals surface area contributed by atoms with Gasteiger partial charge in [0.05, 0.1) is 19.6 Å². The molecule has 0 aromatic carbocycles. The number of piperidine rings is 1. The van der Waals surface area contributed by atoms with Crippen molar-refractivity contribution < 1.29 is 13.9 Å². The molecule has 100 valence electrons. The summed E-state index contributed by atoms with van der Waals surface area (Å²) in [4.78, 5) is 13.6. The van der Waals surface area contributed by atoms with E-state index in [1.807, 2.05) is 13.0 Å². The molecule has 18 heavy (non-hydrogen) atoms. The van der Waals surface area contributed by atoms with E-state index >= 15 is 0 Å². The molecule has 2 rings (SSSR count). The number of methoxy groups -OCH3 is 1. The fourth-order valence-electron chi connectivity index (χ4n) is 2.55. The Hall–Kier alpha value is -1.29. The van der Waals surface area contributed by atoms with E-state index in [1.165, 1.54) is 20.0 Å². The first-order valence-electron chi connectivity index (χ1n) is 6.58. The van der Waals surface area contributed by atoms with Gasteiger partial charge in [0.15, 0.2) is 0 Å². The highest BCUT2D eigenvalue weighted by Gasteiger charge is 2.26. The maximum atomic E-state index is 11.2. The molecule has 0 spiro atoms. The van der Waals surface area contributed by atoms with Crippen LogP contribution in [0.15, 0.2) is 16.5 Å². The predicted molar refractivity (Wildman–Crippen MR) is 68.2 cm³/mol. The Balaban J connectivity index is 1.99. The van der Waals surface area contributed by atoms with Gasteiger partial charge in [0.25, 0.3) is 0 Å². The van der Waals surface area contributed by atoms with Crippen LogP contribution in [0, 0.1) is 6.92 Å². The molecular weight excluding hydrogens is 230 g/mol. The van der Waals surface area contributed by atoms with Gasteiger partial charge in [-0.1, -0.05) is 6.42 Å². The van der Waals surface area contributed by atoms with E-state index in [-0.39, 0.29) is 5.97 Å². The number of esters is 1. The monoisotopic (exact) mass is 251 g/mol. The molecule has 1 atom stereocenters. The number of carbonyl (C=O) groups is 1. The molecule has 0 aliphatic carbocycles. The van der Waals surface area contributed by atoms with Gasteiger partial charge in [-0.2, -0.15) is 0 Å². The number of nitrogens with zero attached hydrogens (tertiary/aromatic N) is 1. The smallest absolute Gasteiger partial charge is 0.306 e. The Morgan fingerprint density at radius 1 is 1.50 bits per heavy atom. The van der Waals surface area contributed by atoms with Crippen molar-refractivity contribution in [2.75, 3.05) is 20.2 Å². The Kier molecular flexibility index (Phi) is 4.42. The lowest BCUT2D eigenvalue weighted by Crippen LogP contribution is -2.35. The van der Waals surface area contributed by atoms with Crippen LogP contribution in [0.2, 0.25) is 0 Å². The van der Waals surface area contributed by atoms with Crippen molar-refractivity contribution in [1.29, 1.82) is 0 Å². The van der Waals surface area contributed by atoms with Gasteiger partial charge in [-0.05, 0) is 38.4 Å². The van der Waals surface area contributed by atoms with Crippen molar-refractivity contribution in [1.82, 2.24) is 4.90 Å². The lowest BCUT2D eigenvalue weighted by atomic mass is 10.00. The van der Waals surface area contributed by atoms with E-state index < -0.39 is 0 Å². The summed E-state index contributed by atoms with van der Waals surface area (Å²) in [5.41, 5.74) is 0. The average Bonchev–Trinajstić information content (AvgIpc) is 2.83. The second-order valence-electron chi connectivity index (χ2n) is 4.82. The van der Waals surface area contributed by atoms with Crippen LogP contribution >= 0.6 is 0 Å². The number of ether oxygens (including phenoxy) is 1. The molecule has 0 amide bonds. The van der Waals surface area contributed by atoms with Gasteiger partial charge in [-0.3, -0.25) is 9.69 Å².